The fourth-order valence-corrected chi connectivity index (χ4v) is 1.69. The molecule has 1 aliphatic carbocycles. The Balaban J connectivity index is 1.74. The summed E-state index contributed by atoms with van der Waals surface area (Å²) < 4.78 is 10.2. The van der Waals surface area contributed by atoms with Crippen LogP contribution in [0.4, 0.5) is 0 Å². The molecule has 0 spiro atoms. The van der Waals surface area contributed by atoms with Gasteiger partial charge in [0, 0.05) is 12.1 Å². The zero-order valence-electron chi connectivity index (χ0n) is 12.0. The van der Waals surface area contributed by atoms with Crippen LogP contribution in [0.5, 0.6) is 5.75 Å². The molecule has 1 amide bonds. The number of benzene rings is 1. The van der Waals surface area contributed by atoms with Crippen molar-refractivity contribution in [2.75, 3.05) is 13.2 Å². The quantitative estimate of drug-likeness (QED) is 0.615. The second-order valence-corrected chi connectivity index (χ2v) is 4.78. The van der Waals surface area contributed by atoms with E-state index in [0.29, 0.717) is 6.61 Å². The maximum Gasteiger partial charge on any atom is 0.331 e. The highest BCUT2D eigenvalue weighted by Crippen LogP contribution is 2.18. The SMILES string of the molecule is CCOc1ccc(/C=C/C(=O)OCC(=O)NC2CC2)cc1. The number of ether oxygens (including phenoxy) is 2. The number of amides is 1. The van der Waals surface area contributed by atoms with Gasteiger partial charge in [-0.05, 0) is 43.5 Å². The molecule has 0 heterocycles. The van der Waals surface area contributed by atoms with Crippen molar-refractivity contribution in [1.29, 1.82) is 0 Å². The van der Waals surface area contributed by atoms with Crippen LogP contribution in [0.3, 0.4) is 0 Å². The number of carbonyl (C=O) groups is 2. The summed E-state index contributed by atoms with van der Waals surface area (Å²) in [7, 11) is 0. The molecule has 0 unspecified atom stereocenters. The lowest BCUT2D eigenvalue weighted by atomic mass is 10.2. The Kier molecular flexibility index (Phi) is 5.37. The van der Waals surface area contributed by atoms with Crippen molar-refractivity contribution in [3.8, 4) is 5.75 Å². The topological polar surface area (TPSA) is 64.6 Å². The van der Waals surface area contributed by atoms with Crippen LogP contribution in [0, 0.1) is 0 Å². The van der Waals surface area contributed by atoms with Crippen LogP contribution < -0.4 is 10.1 Å². The molecule has 0 aromatic heterocycles. The number of rotatable bonds is 7. The average Bonchev–Trinajstić information content (AvgIpc) is 3.28. The maximum absolute atomic E-state index is 11.5. The molecule has 0 bridgehead atoms. The summed E-state index contributed by atoms with van der Waals surface area (Å²) in [5.41, 5.74) is 0.859. The van der Waals surface area contributed by atoms with Gasteiger partial charge in [0.1, 0.15) is 5.75 Å². The van der Waals surface area contributed by atoms with Crippen LogP contribution in [0.2, 0.25) is 0 Å². The lowest BCUT2D eigenvalue weighted by Gasteiger charge is -2.03. The van der Waals surface area contributed by atoms with Crippen LogP contribution in [0.1, 0.15) is 25.3 Å². The minimum Gasteiger partial charge on any atom is -0.494 e. The lowest BCUT2D eigenvalue weighted by molar-refractivity contribution is -0.143. The summed E-state index contributed by atoms with van der Waals surface area (Å²) in [5.74, 6) is 0.00382. The minimum atomic E-state index is -0.533. The summed E-state index contributed by atoms with van der Waals surface area (Å²) in [6.07, 6.45) is 4.96. The highest BCUT2D eigenvalue weighted by atomic mass is 16.5. The van der Waals surface area contributed by atoms with E-state index in [1.165, 1.54) is 6.08 Å². The Morgan fingerprint density at radius 3 is 2.62 bits per heavy atom. The van der Waals surface area contributed by atoms with E-state index < -0.39 is 5.97 Å². The van der Waals surface area contributed by atoms with E-state index >= 15 is 0 Å². The van der Waals surface area contributed by atoms with Gasteiger partial charge in [-0.1, -0.05) is 12.1 Å². The number of carbonyl (C=O) groups excluding carboxylic acids is 2. The predicted molar refractivity (Wildman–Crippen MR) is 78.8 cm³/mol. The molecule has 1 aromatic rings. The Bertz CT molecular complexity index is 518. The van der Waals surface area contributed by atoms with Gasteiger partial charge in [-0.3, -0.25) is 4.79 Å². The van der Waals surface area contributed by atoms with E-state index in [2.05, 4.69) is 5.32 Å². The molecule has 0 saturated heterocycles. The van der Waals surface area contributed by atoms with E-state index in [4.69, 9.17) is 9.47 Å². The van der Waals surface area contributed by atoms with Crippen molar-refractivity contribution in [1.82, 2.24) is 5.32 Å². The Hall–Kier alpha value is -2.30. The zero-order chi connectivity index (χ0) is 15.1. The molecule has 1 aliphatic rings. The maximum atomic E-state index is 11.5. The third kappa shape index (κ3) is 5.69. The fourth-order valence-electron chi connectivity index (χ4n) is 1.69. The minimum absolute atomic E-state index is 0.233. The van der Waals surface area contributed by atoms with Gasteiger partial charge in [0.15, 0.2) is 6.61 Å². The normalized spacial score (nSPS) is 14.0. The Labute approximate surface area is 123 Å². The second-order valence-electron chi connectivity index (χ2n) is 4.78. The van der Waals surface area contributed by atoms with Crippen LogP contribution in [0.25, 0.3) is 6.08 Å². The molecule has 5 nitrogen and oxygen atoms in total. The molecule has 2 rings (SSSR count). The van der Waals surface area contributed by atoms with Gasteiger partial charge < -0.3 is 14.8 Å². The van der Waals surface area contributed by atoms with E-state index in [1.807, 2.05) is 31.2 Å². The zero-order valence-corrected chi connectivity index (χ0v) is 12.0. The monoisotopic (exact) mass is 289 g/mol. The third-order valence-electron chi connectivity index (χ3n) is 2.89. The smallest absolute Gasteiger partial charge is 0.331 e. The molecule has 112 valence electrons. The summed E-state index contributed by atoms with van der Waals surface area (Å²) in [6.45, 7) is 2.30. The Morgan fingerprint density at radius 2 is 2.00 bits per heavy atom. The highest BCUT2D eigenvalue weighted by molar-refractivity contribution is 5.89. The summed E-state index contributed by atoms with van der Waals surface area (Å²) in [5, 5.41) is 2.75. The van der Waals surface area contributed by atoms with Gasteiger partial charge in [-0.2, -0.15) is 0 Å². The van der Waals surface area contributed by atoms with Crippen molar-refractivity contribution < 1.29 is 19.1 Å². The van der Waals surface area contributed by atoms with E-state index in [9.17, 15) is 9.59 Å². The van der Waals surface area contributed by atoms with Crippen LogP contribution in [-0.4, -0.2) is 31.1 Å². The standard InChI is InChI=1S/C16H19NO4/c1-2-20-14-8-3-12(4-9-14)5-10-16(19)21-11-15(18)17-13-6-7-13/h3-5,8-10,13H,2,6-7,11H2,1H3,(H,17,18)/b10-5+. The van der Waals surface area contributed by atoms with E-state index in [-0.39, 0.29) is 18.6 Å². The highest BCUT2D eigenvalue weighted by Gasteiger charge is 2.23. The first-order chi connectivity index (χ1) is 10.2. The van der Waals surface area contributed by atoms with Gasteiger partial charge in [0.2, 0.25) is 0 Å². The molecular formula is C16H19NO4. The first-order valence-corrected chi connectivity index (χ1v) is 7.04. The van der Waals surface area contributed by atoms with Gasteiger partial charge in [-0.15, -0.1) is 0 Å². The van der Waals surface area contributed by atoms with Crippen LogP contribution >= 0.6 is 0 Å². The summed E-state index contributed by atoms with van der Waals surface area (Å²) in [6, 6.07) is 7.62. The van der Waals surface area contributed by atoms with E-state index in [1.54, 1.807) is 6.08 Å². The van der Waals surface area contributed by atoms with Crippen molar-refractivity contribution >= 4 is 18.0 Å². The predicted octanol–water partition coefficient (Wildman–Crippen LogP) is 1.92. The Morgan fingerprint density at radius 1 is 1.29 bits per heavy atom. The molecule has 5 heteroatoms. The number of hydrogen-bond donors (Lipinski definition) is 1. The molecule has 21 heavy (non-hydrogen) atoms. The number of esters is 1. The van der Waals surface area contributed by atoms with Gasteiger partial charge >= 0.3 is 5.97 Å². The van der Waals surface area contributed by atoms with Crippen molar-refractivity contribution in [2.45, 2.75) is 25.8 Å². The summed E-state index contributed by atoms with van der Waals surface area (Å²) in [4.78, 5) is 22.8. The van der Waals surface area contributed by atoms with Crippen molar-refractivity contribution in [3.05, 3.63) is 35.9 Å². The van der Waals surface area contributed by atoms with Crippen molar-refractivity contribution in [3.63, 3.8) is 0 Å². The van der Waals surface area contributed by atoms with Gasteiger partial charge in [-0.25, -0.2) is 4.79 Å². The number of nitrogens with one attached hydrogen (secondary N) is 1. The molecule has 0 atom stereocenters. The van der Waals surface area contributed by atoms with Crippen LogP contribution in [-0.2, 0) is 14.3 Å². The first-order valence-electron chi connectivity index (χ1n) is 7.04. The fraction of sp³-hybridized carbons (Fsp3) is 0.375. The average molecular weight is 289 g/mol. The second kappa shape index (κ2) is 7.47. The van der Waals surface area contributed by atoms with Gasteiger partial charge in [0.25, 0.3) is 5.91 Å². The lowest BCUT2D eigenvalue weighted by Crippen LogP contribution is -2.30. The third-order valence-corrected chi connectivity index (χ3v) is 2.89. The molecule has 0 radical (unpaired) electrons. The molecule has 1 saturated carbocycles. The van der Waals surface area contributed by atoms with Crippen LogP contribution in [0.15, 0.2) is 30.3 Å². The molecule has 1 fully saturated rings. The van der Waals surface area contributed by atoms with Gasteiger partial charge in [0.05, 0.1) is 6.61 Å². The molecule has 1 aromatic carbocycles. The molecular weight excluding hydrogens is 270 g/mol. The molecule has 1 N–H and O–H groups in total. The number of hydrogen-bond acceptors (Lipinski definition) is 4. The summed E-state index contributed by atoms with van der Waals surface area (Å²) >= 11 is 0. The first kappa shape index (κ1) is 15.1. The van der Waals surface area contributed by atoms with E-state index in [0.717, 1.165) is 24.2 Å². The van der Waals surface area contributed by atoms with Crippen molar-refractivity contribution in [2.24, 2.45) is 0 Å². The molecule has 0 aliphatic heterocycles. The largest absolute Gasteiger partial charge is 0.494 e.